The summed E-state index contributed by atoms with van der Waals surface area (Å²) in [4.78, 5) is 24.1. The number of benzene rings is 2. The van der Waals surface area contributed by atoms with Gasteiger partial charge < -0.3 is 25.8 Å². The average molecular weight is 422 g/mol. The minimum absolute atomic E-state index is 0. The Morgan fingerprint density at radius 2 is 1.76 bits per heavy atom. The highest BCUT2D eigenvalue weighted by Crippen LogP contribution is 2.28. The van der Waals surface area contributed by atoms with Crippen molar-refractivity contribution >= 4 is 29.9 Å². The van der Waals surface area contributed by atoms with Gasteiger partial charge in [-0.15, -0.1) is 12.4 Å². The van der Waals surface area contributed by atoms with E-state index in [1.165, 1.54) is 7.11 Å². The predicted octanol–water partition coefficient (Wildman–Crippen LogP) is 2.58. The molecule has 2 aromatic rings. The van der Waals surface area contributed by atoms with Crippen molar-refractivity contribution in [2.45, 2.75) is 26.3 Å². The molecule has 0 heterocycles. The molecule has 7 nitrogen and oxygen atoms in total. The molecule has 0 saturated carbocycles. The van der Waals surface area contributed by atoms with Crippen LogP contribution in [0.2, 0.25) is 0 Å². The van der Waals surface area contributed by atoms with E-state index in [0.717, 1.165) is 5.56 Å². The molecule has 0 aliphatic carbocycles. The van der Waals surface area contributed by atoms with Gasteiger partial charge in [0.15, 0.2) is 18.1 Å². The summed E-state index contributed by atoms with van der Waals surface area (Å²) in [6.07, 6.45) is 0.704. The minimum Gasteiger partial charge on any atom is -0.493 e. The second-order valence-corrected chi connectivity index (χ2v) is 6.62. The van der Waals surface area contributed by atoms with Crippen LogP contribution in [0.15, 0.2) is 42.5 Å². The summed E-state index contributed by atoms with van der Waals surface area (Å²) in [5.41, 5.74) is 7.92. The van der Waals surface area contributed by atoms with Crippen molar-refractivity contribution in [3.63, 3.8) is 0 Å². The summed E-state index contributed by atoms with van der Waals surface area (Å²) in [7, 11) is 1.49. The van der Waals surface area contributed by atoms with E-state index >= 15 is 0 Å². The van der Waals surface area contributed by atoms with Crippen LogP contribution >= 0.6 is 12.4 Å². The van der Waals surface area contributed by atoms with E-state index in [-0.39, 0.29) is 36.9 Å². The van der Waals surface area contributed by atoms with Gasteiger partial charge in [0, 0.05) is 23.8 Å². The van der Waals surface area contributed by atoms with E-state index in [4.69, 9.17) is 15.2 Å². The molecular weight excluding hydrogens is 394 g/mol. The number of ether oxygens (including phenoxy) is 2. The topological polar surface area (TPSA) is 103 Å². The summed E-state index contributed by atoms with van der Waals surface area (Å²) in [6, 6.07) is 12.4. The Bertz CT molecular complexity index is 810. The van der Waals surface area contributed by atoms with Crippen LogP contribution in [0, 0.1) is 0 Å². The van der Waals surface area contributed by atoms with E-state index < -0.39 is 0 Å². The second-order valence-electron chi connectivity index (χ2n) is 6.62. The number of carbonyl (C=O) groups is 2. The number of anilines is 1. The maximum absolute atomic E-state index is 12.4. The number of methoxy groups -OCH3 is 1. The first-order valence-corrected chi connectivity index (χ1v) is 9.12. The average Bonchev–Trinajstić information content (AvgIpc) is 2.67. The first-order valence-electron chi connectivity index (χ1n) is 9.12. The predicted molar refractivity (Wildman–Crippen MR) is 116 cm³/mol. The smallest absolute Gasteiger partial charge is 0.258 e. The maximum atomic E-state index is 12.4. The lowest BCUT2D eigenvalue weighted by molar-refractivity contribution is -0.123. The molecule has 2 amide bonds. The maximum Gasteiger partial charge on any atom is 0.258 e. The Hall–Kier alpha value is -2.93. The molecule has 0 aromatic heterocycles. The molecule has 8 heteroatoms. The fraction of sp³-hybridized carbons (Fsp3) is 0.333. The van der Waals surface area contributed by atoms with E-state index in [1.54, 1.807) is 18.2 Å². The highest BCUT2D eigenvalue weighted by molar-refractivity contribution is 5.94. The summed E-state index contributed by atoms with van der Waals surface area (Å²) in [5, 5.41) is 5.62. The monoisotopic (exact) mass is 421 g/mol. The lowest BCUT2D eigenvalue weighted by Gasteiger charge is -2.13. The molecule has 0 atom stereocenters. The number of nitrogens with one attached hydrogen (secondary N) is 2. The summed E-state index contributed by atoms with van der Waals surface area (Å²) < 4.78 is 10.8. The molecule has 0 saturated heterocycles. The van der Waals surface area contributed by atoms with Crippen LogP contribution in [0.5, 0.6) is 11.5 Å². The summed E-state index contributed by atoms with van der Waals surface area (Å²) in [5.74, 6) is 0.364. The molecule has 0 bridgehead atoms. The molecule has 4 N–H and O–H groups in total. The third-order valence-corrected chi connectivity index (χ3v) is 3.91. The van der Waals surface area contributed by atoms with Crippen LogP contribution in [-0.2, 0) is 11.2 Å². The lowest BCUT2D eigenvalue weighted by Crippen LogP contribution is -2.34. The zero-order valence-corrected chi connectivity index (χ0v) is 17.7. The van der Waals surface area contributed by atoms with Gasteiger partial charge in [0.05, 0.1) is 7.11 Å². The SMILES string of the molecule is COc1cc(C(=O)NCCc2ccc(N)cc2)ccc1OCC(=O)NC(C)C.Cl. The zero-order valence-electron chi connectivity index (χ0n) is 16.9. The third kappa shape index (κ3) is 7.91. The normalized spacial score (nSPS) is 10.1. The van der Waals surface area contributed by atoms with Crippen LogP contribution in [0.1, 0.15) is 29.8 Å². The van der Waals surface area contributed by atoms with Crippen molar-refractivity contribution in [2.24, 2.45) is 0 Å². The summed E-state index contributed by atoms with van der Waals surface area (Å²) >= 11 is 0. The van der Waals surface area contributed by atoms with E-state index in [0.29, 0.717) is 35.7 Å². The molecule has 0 spiro atoms. The van der Waals surface area contributed by atoms with Crippen molar-refractivity contribution in [1.29, 1.82) is 0 Å². The van der Waals surface area contributed by atoms with Gasteiger partial charge in [0.25, 0.3) is 11.8 Å². The van der Waals surface area contributed by atoms with Gasteiger partial charge in [-0.05, 0) is 56.2 Å². The molecule has 29 heavy (non-hydrogen) atoms. The second kappa shape index (κ2) is 11.8. The number of carbonyl (C=O) groups excluding carboxylic acids is 2. The molecular formula is C21H28ClN3O4. The fourth-order valence-corrected chi connectivity index (χ4v) is 2.54. The molecule has 158 valence electrons. The van der Waals surface area contributed by atoms with Crippen molar-refractivity contribution in [3.05, 3.63) is 53.6 Å². The Labute approximate surface area is 177 Å². The molecule has 0 radical (unpaired) electrons. The standard InChI is InChI=1S/C21H27N3O4.ClH/c1-14(2)24-20(25)13-28-18-9-6-16(12-19(18)27-3)21(26)23-11-10-15-4-7-17(22)8-5-15;/h4-9,12,14H,10-11,13,22H2,1-3H3,(H,23,26)(H,24,25);1H. The lowest BCUT2D eigenvalue weighted by atomic mass is 10.1. The van der Waals surface area contributed by atoms with Crippen LogP contribution in [0.3, 0.4) is 0 Å². The number of nitrogens with two attached hydrogens (primary N) is 1. The quantitative estimate of drug-likeness (QED) is 0.540. The molecule has 0 aliphatic heterocycles. The van der Waals surface area contributed by atoms with Gasteiger partial charge in [-0.1, -0.05) is 12.1 Å². The van der Waals surface area contributed by atoms with Crippen molar-refractivity contribution in [3.8, 4) is 11.5 Å². The Balaban J connectivity index is 0.00000420. The number of rotatable bonds is 9. The Kier molecular flexibility index (Phi) is 9.82. The molecule has 0 unspecified atom stereocenters. The molecule has 0 aliphatic rings. The first kappa shape index (κ1) is 24.1. The fourth-order valence-electron chi connectivity index (χ4n) is 2.54. The van der Waals surface area contributed by atoms with Gasteiger partial charge >= 0.3 is 0 Å². The molecule has 2 rings (SSSR count). The van der Waals surface area contributed by atoms with Crippen LogP contribution in [0.25, 0.3) is 0 Å². The highest BCUT2D eigenvalue weighted by atomic mass is 35.5. The molecule has 2 aromatic carbocycles. The third-order valence-electron chi connectivity index (χ3n) is 3.91. The van der Waals surface area contributed by atoms with Gasteiger partial charge in [-0.2, -0.15) is 0 Å². The highest BCUT2D eigenvalue weighted by Gasteiger charge is 2.12. The number of amides is 2. The largest absolute Gasteiger partial charge is 0.493 e. The van der Waals surface area contributed by atoms with Gasteiger partial charge in [-0.25, -0.2) is 0 Å². The zero-order chi connectivity index (χ0) is 20.5. The Morgan fingerprint density at radius 3 is 2.38 bits per heavy atom. The van der Waals surface area contributed by atoms with Crippen LogP contribution < -0.4 is 25.8 Å². The van der Waals surface area contributed by atoms with Gasteiger partial charge in [0.2, 0.25) is 0 Å². The first-order chi connectivity index (χ1) is 13.4. The summed E-state index contributed by atoms with van der Waals surface area (Å²) in [6.45, 7) is 4.12. The number of hydrogen-bond acceptors (Lipinski definition) is 5. The van der Waals surface area contributed by atoms with Crippen molar-refractivity contribution in [1.82, 2.24) is 10.6 Å². The minimum atomic E-state index is -0.221. The number of hydrogen-bond donors (Lipinski definition) is 3. The van der Waals surface area contributed by atoms with Crippen LogP contribution in [-0.4, -0.2) is 38.1 Å². The van der Waals surface area contributed by atoms with E-state index in [9.17, 15) is 9.59 Å². The number of halogens is 1. The van der Waals surface area contributed by atoms with Crippen molar-refractivity contribution < 1.29 is 19.1 Å². The van der Waals surface area contributed by atoms with Crippen LogP contribution in [0.4, 0.5) is 5.69 Å². The van der Waals surface area contributed by atoms with E-state index in [2.05, 4.69) is 10.6 Å². The molecule has 0 fully saturated rings. The van der Waals surface area contributed by atoms with Gasteiger partial charge in [0.1, 0.15) is 0 Å². The van der Waals surface area contributed by atoms with Crippen molar-refractivity contribution in [2.75, 3.05) is 26.0 Å². The van der Waals surface area contributed by atoms with Gasteiger partial charge in [-0.3, -0.25) is 9.59 Å². The number of nitrogen functional groups attached to an aromatic ring is 1. The Morgan fingerprint density at radius 1 is 1.07 bits per heavy atom. The van der Waals surface area contributed by atoms with E-state index in [1.807, 2.05) is 38.1 Å².